The first-order chi connectivity index (χ1) is 15.6. The topological polar surface area (TPSA) is 194 Å². The molecule has 0 radical (unpaired) electrons. The summed E-state index contributed by atoms with van der Waals surface area (Å²) in [5.74, 6) is -2.68. The Hall–Kier alpha value is -1.93. The minimum Gasteiger partial charge on any atom is -0.558 e. The van der Waals surface area contributed by atoms with E-state index in [2.05, 4.69) is 21.7 Å². The lowest BCUT2D eigenvalue weighted by molar-refractivity contribution is -0.368. The fourth-order valence-corrected chi connectivity index (χ4v) is 3.01. The number of hydrogen-bond acceptors (Lipinski definition) is 8. The molecule has 200 valence electrons. The third-order valence-corrected chi connectivity index (χ3v) is 4.91. The number of aliphatic hydroxyl groups excluding tert-OH is 1. The van der Waals surface area contributed by atoms with Crippen molar-refractivity contribution >= 4 is 24.7 Å². The highest BCUT2D eigenvalue weighted by molar-refractivity contribution is 6.59. The number of rotatable bonds is 15. The fourth-order valence-electron chi connectivity index (χ4n) is 3.01. The number of quaternary nitrogens is 1. The van der Waals surface area contributed by atoms with Crippen molar-refractivity contribution < 1.29 is 46.1 Å². The zero-order valence-electron chi connectivity index (χ0n) is 22.4. The Labute approximate surface area is 203 Å². The Kier molecular flexibility index (Phi) is 14.3. The van der Waals surface area contributed by atoms with Crippen LogP contribution in [0.3, 0.4) is 0 Å². The molecule has 0 saturated heterocycles. The molecule has 0 fully saturated rings. The van der Waals surface area contributed by atoms with Crippen LogP contribution in [0.5, 0.6) is 0 Å². The monoisotopic (exact) mass is 493 g/mol. The predicted molar refractivity (Wildman–Crippen MR) is 128 cm³/mol. The Bertz CT molecular complexity index is 649. The first-order valence-electron chi connectivity index (χ1n) is 11.9. The maximum absolute atomic E-state index is 13.0. The second-order valence-electron chi connectivity index (χ2n) is 9.77. The molecule has 3 amide bonds. The van der Waals surface area contributed by atoms with E-state index >= 15 is 0 Å². The molecule has 13 heteroatoms. The van der Waals surface area contributed by atoms with Gasteiger partial charge in [0.1, 0.15) is 17.7 Å². The van der Waals surface area contributed by atoms with Crippen molar-refractivity contribution in [1.29, 1.82) is 0 Å². The van der Waals surface area contributed by atoms with E-state index in [0.717, 1.165) is 0 Å². The van der Waals surface area contributed by atoms with Gasteiger partial charge in [-0.25, -0.2) is 4.79 Å². The summed E-state index contributed by atoms with van der Waals surface area (Å²) in [4.78, 5) is 37.6. The van der Waals surface area contributed by atoms with Gasteiger partial charge in [-0.1, -0.05) is 20.3 Å². The number of unbranched alkanes of at least 4 members (excludes halogenated alkanes) is 1. The van der Waals surface area contributed by atoms with E-state index in [1.54, 1.807) is 34.6 Å². The second kappa shape index (κ2) is 15.1. The normalized spacial score (nSPS) is 14.8. The van der Waals surface area contributed by atoms with E-state index in [4.69, 9.17) is 14.5 Å². The van der Waals surface area contributed by atoms with Gasteiger partial charge in [0.05, 0.1) is 6.54 Å². The van der Waals surface area contributed by atoms with Gasteiger partial charge in [-0.3, -0.25) is 9.59 Å². The minimum absolute atomic E-state index is 0. The van der Waals surface area contributed by atoms with Crippen LogP contribution < -0.4 is 21.7 Å². The SMILES string of the molecule is CC(C)[C@H](NC(=O)[C@H](C)NC(=O)OC(C)(C)C)C(=O)N[C@@H](CCCC[NH3+])[B-](O)(O)OCCCO.[H+]. The molecule has 3 atom stereocenters. The molecule has 0 aliphatic rings. The van der Waals surface area contributed by atoms with E-state index in [1.807, 2.05) is 0 Å². The van der Waals surface area contributed by atoms with Crippen LogP contribution >= 0.6 is 0 Å². The zero-order valence-corrected chi connectivity index (χ0v) is 21.4. The smallest absolute Gasteiger partial charge is 0.558 e. The molecule has 0 rings (SSSR count). The van der Waals surface area contributed by atoms with Gasteiger partial charge in [0.2, 0.25) is 11.8 Å². The summed E-state index contributed by atoms with van der Waals surface area (Å²) in [6.07, 6.45) is 0.949. The van der Waals surface area contributed by atoms with Crippen LogP contribution in [0, 0.1) is 5.92 Å². The molecule has 0 aromatic rings. The van der Waals surface area contributed by atoms with E-state index in [-0.39, 0.29) is 33.4 Å². The number of hydrogen-bond donors (Lipinski definition) is 7. The first kappa shape index (κ1) is 32.1. The van der Waals surface area contributed by atoms with Crippen molar-refractivity contribution in [3.05, 3.63) is 0 Å². The minimum atomic E-state index is -3.41. The lowest BCUT2D eigenvalue weighted by Crippen LogP contribution is -2.63. The first-order valence-corrected chi connectivity index (χ1v) is 11.9. The summed E-state index contributed by atoms with van der Waals surface area (Å²) in [5, 5.41) is 37.5. The molecule has 0 unspecified atom stereocenters. The van der Waals surface area contributed by atoms with Gasteiger partial charge in [0.15, 0.2) is 0 Å². The van der Waals surface area contributed by atoms with E-state index in [1.165, 1.54) is 6.92 Å². The van der Waals surface area contributed by atoms with Crippen LogP contribution in [0.15, 0.2) is 0 Å². The van der Waals surface area contributed by atoms with Crippen LogP contribution in [0.1, 0.15) is 68.7 Å². The maximum Gasteiger partial charge on any atom is 1.00 e. The number of aliphatic hydroxyl groups is 1. The lowest BCUT2D eigenvalue weighted by atomic mass is 9.67. The summed E-state index contributed by atoms with van der Waals surface area (Å²) < 4.78 is 10.3. The highest BCUT2D eigenvalue weighted by Gasteiger charge is 2.36. The molecular weight excluding hydrogens is 447 g/mol. The Morgan fingerprint density at radius 2 is 1.62 bits per heavy atom. The molecule has 0 heterocycles. The fraction of sp³-hybridized carbons (Fsp3) is 0.857. The number of alkyl carbamates (subject to hydrolysis) is 1. The highest BCUT2D eigenvalue weighted by Crippen LogP contribution is 2.13. The van der Waals surface area contributed by atoms with Gasteiger partial charge in [-0.05, 0) is 58.8 Å². The van der Waals surface area contributed by atoms with Crippen molar-refractivity contribution in [2.24, 2.45) is 5.92 Å². The standard InChI is InChI=1S/C21H44BN4O8/c1-14(2)17(26-18(28)15(3)24-20(30)34-21(4,5)6)19(29)25-16(10-7-8-11-23)22(31,32)33-13-9-12-27/h14-17,27,31-32H,7-13,23H2,1-6H3,(H,24,30)(H,25,29)(H,26,28)/q-1/p+2/t15-,16-,17-/m0/s1. The summed E-state index contributed by atoms with van der Waals surface area (Å²) in [6.45, 7) is 6.96. The third-order valence-electron chi connectivity index (χ3n) is 4.91. The molecular formula is C21H46BN4O8+. The number of nitrogens with one attached hydrogen (secondary N) is 3. The molecule has 0 spiro atoms. The van der Waals surface area contributed by atoms with Crippen molar-refractivity contribution in [2.45, 2.75) is 90.9 Å². The third kappa shape index (κ3) is 13.1. The Morgan fingerprint density at radius 1 is 1.00 bits per heavy atom. The summed E-state index contributed by atoms with van der Waals surface area (Å²) >= 11 is 0. The molecule has 12 nitrogen and oxygen atoms in total. The van der Waals surface area contributed by atoms with Crippen molar-refractivity contribution in [1.82, 2.24) is 16.0 Å². The van der Waals surface area contributed by atoms with Gasteiger partial charge in [-0.2, -0.15) is 0 Å². The number of carbonyl (C=O) groups excluding carboxylic acids is 3. The molecule has 0 saturated carbocycles. The van der Waals surface area contributed by atoms with Crippen molar-refractivity contribution in [3.63, 3.8) is 0 Å². The van der Waals surface area contributed by atoms with E-state index < -0.39 is 48.3 Å². The maximum atomic E-state index is 13.0. The van der Waals surface area contributed by atoms with Gasteiger partial charge in [0.25, 0.3) is 0 Å². The molecule has 0 aliphatic heterocycles. The number of amides is 3. The Morgan fingerprint density at radius 3 is 2.12 bits per heavy atom. The van der Waals surface area contributed by atoms with Crippen LogP contribution in [-0.2, 0) is 19.0 Å². The molecule has 0 bridgehead atoms. The summed E-state index contributed by atoms with van der Waals surface area (Å²) in [5.41, 5.74) is 3.02. The predicted octanol–water partition coefficient (Wildman–Crippen LogP) is -1.09. The van der Waals surface area contributed by atoms with E-state index in [9.17, 15) is 24.4 Å². The van der Waals surface area contributed by atoms with Gasteiger partial charge >= 0.3 is 14.3 Å². The van der Waals surface area contributed by atoms with Crippen LogP contribution in [0.2, 0.25) is 0 Å². The molecule has 34 heavy (non-hydrogen) atoms. The number of carbonyl (C=O) groups is 3. The highest BCUT2D eigenvalue weighted by atomic mass is 16.6. The molecule has 0 aromatic heterocycles. The van der Waals surface area contributed by atoms with Crippen LogP contribution in [0.4, 0.5) is 4.79 Å². The molecule has 0 aliphatic carbocycles. The Balaban J connectivity index is 0. The van der Waals surface area contributed by atoms with E-state index in [0.29, 0.717) is 19.4 Å². The second-order valence-corrected chi connectivity index (χ2v) is 9.77. The van der Waals surface area contributed by atoms with Crippen molar-refractivity contribution in [3.8, 4) is 0 Å². The molecule has 9 N–H and O–H groups in total. The average Bonchev–Trinajstić information content (AvgIpc) is 2.69. The van der Waals surface area contributed by atoms with Crippen molar-refractivity contribution in [2.75, 3.05) is 19.8 Å². The average molecular weight is 493 g/mol. The van der Waals surface area contributed by atoms with Gasteiger partial charge in [-0.15, -0.1) is 0 Å². The summed E-state index contributed by atoms with van der Waals surface area (Å²) in [6, 6.07) is -1.98. The summed E-state index contributed by atoms with van der Waals surface area (Å²) in [7, 11) is 0. The zero-order chi connectivity index (χ0) is 26.5. The quantitative estimate of drug-likeness (QED) is 0.110. The van der Waals surface area contributed by atoms with Gasteiger partial charge < -0.3 is 46.2 Å². The molecule has 0 aromatic carbocycles. The van der Waals surface area contributed by atoms with Crippen LogP contribution in [0.25, 0.3) is 0 Å². The van der Waals surface area contributed by atoms with Crippen LogP contribution in [-0.4, -0.2) is 83.2 Å². The largest absolute Gasteiger partial charge is 1.00 e. The van der Waals surface area contributed by atoms with Gasteiger partial charge in [0, 0.05) is 13.2 Å². The lowest BCUT2D eigenvalue weighted by Gasteiger charge is -2.39. The number of ether oxygens (including phenoxy) is 1.